The van der Waals surface area contributed by atoms with Gasteiger partial charge in [0, 0.05) is 17.6 Å². The summed E-state index contributed by atoms with van der Waals surface area (Å²) in [6.07, 6.45) is 0.103. The van der Waals surface area contributed by atoms with E-state index in [9.17, 15) is 22.8 Å². The molecule has 6 nitrogen and oxygen atoms in total. The average molecular weight is 411 g/mol. The minimum Gasteiger partial charge on any atom is -0.406 e. The van der Waals surface area contributed by atoms with Gasteiger partial charge in [-0.05, 0) is 63.8 Å². The molecule has 0 radical (unpaired) electrons. The van der Waals surface area contributed by atoms with E-state index in [1.165, 1.54) is 12.1 Å². The van der Waals surface area contributed by atoms with Crippen LogP contribution in [-0.2, 0) is 4.79 Å². The monoisotopic (exact) mass is 411 g/mol. The molecule has 3 aliphatic rings. The van der Waals surface area contributed by atoms with Gasteiger partial charge >= 0.3 is 6.36 Å². The van der Waals surface area contributed by atoms with Crippen molar-refractivity contribution in [1.82, 2.24) is 15.5 Å². The maximum atomic E-state index is 13.1. The van der Waals surface area contributed by atoms with Crippen LogP contribution in [0.25, 0.3) is 0 Å². The van der Waals surface area contributed by atoms with Crippen LogP contribution >= 0.6 is 0 Å². The molecule has 4 atom stereocenters. The molecule has 1 aromatic rings. The standard InChI is InChI=1S/C20H24F3N3O3/c1-19(16-15-9-4-10-26(15)16,18(28)24-13-6-3-7-13)25-17(27)12-5-2-8-14(11-12)29-20(21,22)23/h2,5,8,11,13,15-16H,3-4,6-7,9-10H2,1H3,(H,24,28)(H,25,27)/t15-,16-,19?,26?/m0/s1. The second-order valence-corrected chi connectivity index (χ2v) is 8.23. The summed E-state index contributed by atoms with van der Waals surface area (Å²) in [6, 6.07) is 5.15. The summed E-state index contributed by atoms with van der Waals surface area (Å²) in [5.41, 5.74) is -1.14. The Hall–Kier alpha value is -2.29. The van der Waals surface area contributed by atoms with Gasteiger partial charge in [-0.3, -0.25) is 14.5 Å². The van der Waals surface area contributed by atoms with Gasteiger partial charge in [-0.1, -0.05) is 6.07 Å². The van der Waals surface area contributed by atoms with Crippen LogP contribution in [0.4, 0.5) is 13.2 Å². The Morgan fingerprint density at radius 3 is 2.52 bits per heavy atom. The third-order valence-electron chi connectivity index (χ3n) is 6.18. The van der Waals surface area contributed by atoms with E-state index in [1.54, 1.807) is 6.92 Å². The van der Waals surface area contributed by atoms with Crippen molar-refractivity contribution >= 4 is 11.8 Å². The van der Waals surface area contributed by atoms with Crippen molar-refractivity contribution in [2.75, 3.05) is 6.54 Å². The highest BCUT2D eigenvalue weighted by atomic mass is 19.4. The molecular formula is C20H24F3N3O3. The molecule has 1 aliphatic carbocycles. The van der Waals surface area contributed by atoms with Crippen molar-refractivity contribution in [3.05, 3.63) is 29.8 Å². The molecule has 158 valence electrons. The summed E-state index contributed by atoms with van der Waals surface area (Å²) in [6.45, 7) is 2.59. The van der Waals surface area contributed by atoms with E-state index in [-0.39, 0.29) is 29.6 Å². The minimum atomic E-state index is -4.84. The van der Waals surface area contributed by atoms with Crippen LogP contribution in [0.3, 0.4) is 0 Å². The zero-order valence-electron chi connectivity index (χ0n) is 16.1. The molecule has 0 spiro atoms. The number of ether oxygens (including phenoxy) is 1. The van der Waals surface area contributed by atoms with E-state index in [0.717, 1.165) is 50.8 Å². The van der Waals surface area contributed by atoms with Gasteiger partial charge in [-0.15, -0.1) is 13.2 Å². The van der Waals surface area contributed by atoms with Crippen molar-refractivity contribution in [3.63, 3.8) is 0 Å². The number of hydrogen-bond donors (Lipinski definition) is 2. The Balaban J connectivity index is 1.52. The summed E-state index contributed by atoms with van der Waals surface area (Å²) in [7, 11) is 0. The number of halogens is 3. The number of fused-ring (bicyclic) bond motifs is 1. The number of rotatable bonds is 6. The highest BCUT2D eigenvalue weighted by Gasteiger charge is 2.62. The Labute approximate surface area is 166 Å². The quantitative estimate of drug-likeness (QED) is 0.706. The van der Waals surface area contributed by atoms with E-state index in [2.05, 4.69) is 20.3 Å². The Morgan fingerprint density at radius 2 is 1.93 bits per heavy atom. The fourth-order valence-electron chi connectivity index (χ4n) is 4.45. The Morgan fingerprint density at radius 1 is 1.17 bits per heavy atom. The maximum Gasteiger partial charge on any atom is 0.573 e. The van der Waals surface area contributed by atoms with Crippen molar-refractivity contribution in [2.24, 2.45) is 0 Å². The van der Waals surface area contributed by atoms with Gasteiger partial charge in [-0.2, -0.15) is 0 Å². The summed E-state index contributed by atoms with van der Waals surface area (Å²) in [4.78, 5) is 28.1. The number of carbonyl (C=O) groups is 2. The van der Waals surface area contributed by atoms with Crippen molar-refractivity contribution in [3.8, 4) is 5.75 Å². The number of nitrogens with one attached hydrogen (secondary N) is 2. The molecule has 2 amide bonds. The third kappa shape index (κ3) is 4.05. The topological polar surface area (TPSA) is 70.4 Å². The lowest BCUT2D eigenvalue weighted by Gasteiger charge is -2.35. The van der Waals surface area contributed by atoms with Gasteiger partial charge in [0.25, 0.3) is 5.91 Å². The highest BCUT2D eigenvalue weighted by molar-refractivity contribution is 6.00. The first-order valence-electron chi connectivity index (χ1n) is 9.92. The summed E-state index contributed by atoms with van der Waals surface area (Å²) in [5.74, 6) is -1.31. The van der Waals surface area contributed by atoms with Crippen molar-refractivity contribution in [2.45, 2.75) is 69.1 Å². The van der Waals surface area contributed by atoms with Crippen molar-refractivity contribution < 1.29 is 27.5 Å². The molecule has 1 aromatic carbocycles. The zero-order valence-corrected chi connectivity index (χ0v) is 16.1. The maximum absolute atomic E-state index is 13.1. The number of alkyl halides is 3. The number of carbonyl (C=O) groups excluding carboxylic acids is 2. The second kappa shape index (κ2) is 7.19. The molecule has 2 saturated heterocycles. The Bertz CT molecular complexity index is 802. The number of nitrogens with zero attached hydrogens (tertiary/aromatic N) is 1. The molecule has 0 bridgehead atoms. The first-order chi connectivity index (χ1) is 13.7. The largest absolute Gasteiger partial charge is 0.573 e. The van der Waals surface area contributed by atoms with E-state index >= 15 is 0 Å². The molecule has 2 unspecified atom stereocenters. The summed E-state index contributed by atoms with van der Waals surface area (Å²) < 4.78 is 41.3. The molecule has 29 heavy (non-hydrogen) atoms. The van der Waals surface area contributed by atoms with Crippen LogP contribution in [0.15, 0.2) is 24.3 Å². The fraction of sp³-hybridized carbons (Fsp3) is 0.600. The van der Waals surface area contributed by atoms with Crippen LogP contribution in [0.2, 0.25) is 0 Å². The van der Waals surface area contributed by atoms with Crippen LogP contribution in [0, 0.1) is 0 Å². The fourth-order valence-corrected chi connectivity index (χ4v) is 4.45. The van der Waals surface area contributed by atoms with Crippen LogP contribution in [-0.4, -0.2) is 53.3 Å². The van der Waals surface area contributed by atoms with Gasteiger partial charge in [0.2, 0.25) is 5.91 Å². The smallest absolute Gasteiger partial charge is 0.406 e. The van der Waals surface area contributed by atoms with Gasteiger partial charge in [0.1, 0.15) is 11.3 Å². The van der Waals surface area contributed by atoms with Gasteiger partial charge in [0.15, 0.2) is 0 Å². The van der Waals surface area contributed by atoms with Gasteiger partial charge in [-0.25, -0.2) is 0 Å². The molecule has 2 N–H and O–H groups in total. The molecule has 1 saturated carbocycles. The van der Waals surface area contributed by atoms with Gasteiger partial charge < -0.3 is 15.4 Å². The number of amides is 2. The first-order valence-corrected chi connectivity index (χ1v) is 9.92. The first kappa shape index (κ1) is 20.0. The molecular weight excluding hydrogens is 387 g/mol. The van der Waals surface area contributed by atoms with Crippen LogP contribution in [0.1, 0.15) is 49.4 Å². The molecule has 2 heterocycles. The number of hydrogen-bond acceptors (Lipinski definition) is 4. The van der Waals surface area contributed by atoms with Crippen LogP contribution in [0.5, 0.6) is 5.75 Å². The van der Waals surface area contributed by atoms with E-state index in [4.69, 9.17) is 0 Å². The summed E-state index contributed by atoms with van der Waals surface area (Å²) in [5, 5.41) is 5.83. The zero-order chi connectivity index (χ0) is 20.8. The number of benzene rings is 1. The lowest BCUT2D eigenvalue weighted by atomic mass is 9.88. The van der Waals surface area contributed by atoms with E-state index in [0.29, 0.717) is 0 Å². The second-order valence-electron chi connectivity index (χ2n) is 8.23. The predicted octanol–water partition coefficient (Wildman–Crippen LogP) is 2.59. The van der Waals surface area contributed by atoms with Crippen molar-refractivity contribution in [1.29, 1.82) is 0 Å². The lowest BCUT2D eigenvalue weighted by molar-refractivity contribution is -0.274. The molecule has 2 aliphatic heterocycles. The molecule has 3 fully saturated rings. The molecule has 9 heteroatoms. The number of piperidine rings is 1. The van der Waals surface area contributed by atoms with Crippen LogP contribution < -0.4 is 15.4 Å². The SMILES string of the molecule is CC(NC(=O)c1cccc(OC(F)(F)F)c1)(C(=O)NC1CCC1)[C@@H]1[C@@H]2CCCN12. The highest BCUT2D eigenvalue weighted by Crippen LogP contribution is 2.44. The third-order valence-corrected chi connectivity index (χ3v) is 6.18. The minimum absolute atomic E-state index is 0.00947. The summed E-state index contributed by atoms with van der Waals surface area (Å²) >= 11 is 0. The molecule has 0 aromatic heterocycles. The average Bonchev–Trinajstić information content (AvgIpc) is 3.10. The predicted molar refractivity (Wildman–Crippen MR) is 98.3 cm³/mol. The van der Waals surface area contributed by atoms with E-state index in [1.807, 2.05) is 0 Å². The normalized spacial score (nSPS) is 27.9. The van der Waals surface area contributed by atoms with E-state index < -0.39 is 23.6 Å². The molecule has 4 rings (SSSR count). The lowest BCUT2D eigenvalue weighted by Crippen LogP contribution is -2.63. The Kier molecular flexibility index (Phi) is 4.96. The van der Waals surface area contributed by atoms with Gasteiger partial charge in [0.05, 0.1) is 6.04 Å².